The molecule has 0 aliphatic carbocycles. The number of nitrogens with zero attached hydrogens (tertiary/aromatic N) is 3. The molecular formula is C13H18N6O. The molecule has 0 amide bonds. The zero-order valence-corrected chi connectivity index (χ0v) is 11.1. The van der Waals surface area contributed by atoms with Crippen molar-refractivity contribution < 1.29 is 5.11 Å². The third-order valence-electron chi connectivity index (χ3n) is 3.44. The number of rotatable bonds is 5. The van der Waals surface area contributed by atoms with E-state index in [0.29, 0.717) is 25.5 Å². The molecule has 4 N–H and O–H groups in total. The van der Waals surface area contributed by atoms with E-state index in [1.54, 1.807) is 12.4 Å². The van der Waals surface area contributed by atoms with Crippen molar-refractivity contribution in [1.82, 2.24) is 30.8 Å². The molecule has 106 valence electrons. The van der Waals surface area contributed by atoms with Crippen LogP contribution in [-0.2, 0) is 6.54 Å². The summed E-state index contributed by atoms with van der Waals surface area (Å²) in [7, 11) is 0. The summed E-state index contributed by atoms with van der Waals surface area (Å²) < 4.78 is 0. The van der Waals surface area contributed by atoms with E-state index in [2.05, 4.69) is 30.8 Å². The molecule has 7 nitrogen and oxygen atoms in total. The van der Waals surface area contributed by atoms with E-state index >= 15 is 0 Å². The topological polar surface area (TPSA) is 98.8 Å². The predicted octanol–water partition coefficient (Wildman–Crippen LogP) is -0.319. The summed E-state index contributed by atoms with van der Waals surface area (Å²) in [5.41, 5.74) is 0.287. The smallest absolute Gasteiger partial charge is 0.181 e. The first kappa shape index (κ1) is 13.2. The summed E-state index contributed by atoms with van der Waals surface area (Å²) in [4.78, 5) is 8.38. The Labute approximate surface area is 116 Å². The van der Waals surface area contributed by atoms with E-state index < -0.39 is 5.60 Å². The summed E-state index contributed by atoms with van der Waals surface area (Å²) in [6.45, 7) is 2.61. The summed E-state index contributed by atoms with van der Waals surface area (Å²) in [6, 6.07) is 3.74. The molecular weight excluding hydrogens is 256 g/mol. The SMILES string of the molecule is O[C@@]1(CNCc2nc(-c3ccncc3)n[nH]2)CCNC1. The standard InChI is InChI=1S/C13H18N6O/c20-13(3-6-15-8-13)9-16-7-11-17-12(19-18-11)10-1-4-14-5-2-10/h1-2,4-5,15-16,20H,3,6-9H2,(H,17,18,19)/t13-/m0/s1. The maximum atomic E-state index is 10.2. The highest BCUT2D eigenvalue weighted by Crippen LogP contribution is 2.14. The van der Waals surface area contributed by atoms with Gasteiger partial charge in [0, 0.05) is 31.0 Å². The van der Waals surface area contributed by atoms with Crippen LogP contribution in [0.4, 0.5) is 0 Å². The van der Waals surface area contributed by atoms with Crippen molar-refractivity contribution in [3.8, 4) is 11.4 Å². The Balaban J connectivity index is 1.55. The lowest BCUT2D eigenvalue weighted by molar-refractivity contribution is 0.0607. The fourth-order valence-electron chi connectivity index (χ4n) is 2.30. The van der Waals surface area contributed by atoms with E-state index in [1.165, 1.54) is 0 Å². The lowest BCUT2D eigenvalue weighted by atomic mass is 10.0. The molecule has 0 bridgehead atoms. The van der Waals surface area contributed by atoms with Crippen LogP contribution in [0, 0.1) is 0 Å². The molecule has 1 fully saturated rings. The molecule has 0 aromatic carbocycles. The molecule has 3 rings (SSSR count). The number of hydrogen-bond donors (Lipinski definition) is 4. The maximum Gasteiger partial charge on any atom is 0.181 e. The number of H-pyrrole nitrogens is 1. The number of nitrogens with one attached hydrogen (secondary N) is 3. The van der Waals surface area contributed by atoms with Crippen LogP contribution in [-0.4, -0.2) is 50.5 Å². The van der Waals surface area contributed by atoms with E-state index in [4.69, 9.17) is 0 Å². The molecule has 20 heavy (non-hydrogen) atoms. The quantitative estimate of drug-likeness (QED) is 0.596. The second kappa shape index (κ2) is 5.66. The van der Waals surface area contributed by atoms with Crippen LogP contribution in [0.3, 0.4) is 0 Å². The fourth-order valence-corrected chi connectivity index (χ4v) is 2.30. The third-order valence-corrected chi connectivity index (χ3v) is 3.44. The van der Waals surface area contributed by atoms with Crippen molar-refractivity contribution in [3.63, 3.8) is 0 Å². The van der Waals surface area contributed by atoms with Gasteiger partial charge in [-0.1, -0.05) is 0 Å². The minimum absolute atomic E-state index is 0.547. The van der Waals surface area contributed by atoms with Gasteiger partial charge in [-0.2, -0.15) is 5.10 Å². The minimum Gasteiger partial charge on any atom is -0.387 e. The van der Waals surface area contributed by atoms with Gasteiger partial charge in [-0.15, -0.1) is 0 Å². The van der Waals surface area contributed by atoms with Crippen molar-refractivity contribution in [2.75, 3.05) is 19.6 Å². The molecule has 3 heterocycles. The number of hydrogen-bond acceptors (Lipinski definition) is 6. The van der Waals surface area contributed by atoms with Gasteiger partial charge in [0.15, 0.2) is 5.82 Å². The van der Waals surface area contributed by atoms with Gasteiger partial charge < -0.3 is 15.7 Å². The molecule has 0 radical (unpaired) electrons. The Morgan fingerprint density at radius 2 is 2.20 bits per heavy atom. The highest BCUT2D eigenvalue weighted by Gasteiger charge is 2.30. The second-order valence-corrected chi connectivity index (χ2v) is 5.10. The van der Waals surface area contributed by atoms with Crippen LogP contribution in [0.1, 0.15) is 12.2 Å². The predicted molar refractivity (Wildman–Crippen MR) is 73.8 cm³/mol. The van der Waals surface area contributed by atoms with Gasteiger partial charge in [0.05, 0.1) is 12.1 Å². The van der Waals surface area contributed by atoms with Gasteiger partial charge in [-0.05, 0) is 25.1 Å². The molecule has 1 aliphatic heterocycles. The van der Waals surface area contributed by atoms with Gasteiger partial charge in [0.1, 0.15) is 5.82 Å². The Morgan fingerprint density at radius 1 is 1.35 bits per heavy atom. The Kier molecular flexibility index (Phi) is 3.72. The third kappa shape index (κ3) is 3.01. The monoisotopic (exact) mass is 274 g/mol. The first-order chi connectivity index (χ1) is 9.75. The zero-order chi connectivity index (χ0) is 13.8. The normalized spacial score (nSPS) is 22.2. The largest absolute Gasteiger partial charge is 0.387 e. The van der Waals surface area contributed by atoms with Crippen LogP contribution in [0.15, 0.2) is 24.5 Å². The van der Waals surface area contributed by atoms with Crippen LogP contribution in [0.2, 0.25) is 0 Å². The van der Waals surface area contributed by atoms with Gasteiger partial charge in [-0.25, -0.2) is 4.98 Å². The maximum absolute atomic E-state index is 10.2. The van der Waals surface area contributed by atoms with E-state index in [1.807, 2.05) is 12.1 Å². The van der Waals surface area contributed by atoms with Crippen molar-refractivity contribution in [3.05, 3.63) is 30.4 Å². The number of aromatic amines is 1. The Hall–Kier alpha value is -1.83. The molecule has 7 heteroatoms. The van der Waals surface area contributed by atoms with Gasteiger partial charge >= 0.3 is 0 Å². The van der Waals surface area contributed by atoms with Crippen LogP contribution < -0.4 is 10.6 Å². The van der Waals surface area contributed by atoms with E-state index in [-0.39, 0.29) is 0 Å². The molecule has 2 aromatic heterocycles. The number of aliphatic hydroxyl groups is 1. The van der Waals surface area contributed by atoms with Crippen molar-refractivity contribution in [1.29, 1.82) is 0 Å². The molecule has 0 unspecified atom stereocenters. The van der Waals surface area contributed by atoms with Crippen LogP contribution in [0.5, 0.6) is 0 Å². The number of β-amino-alcohol motifs (C(OH)–C–C–N with tert-alkyl or cyclic N) is 1. The zero-order valence-electron chi connectivity index (χ0n) is 11.1. The highest BCUT2D eigenvalue weighted by molar-refractivity contribution is 5.52. The van der Waals surface area contributed by atoms with Gasteiger partial charge in [-0.3, -0.25) is 10.1 Å². The minimum atomic E-state index is -0.645. The Bertz CT molecular complexity index is 549. The summed E-state index contributed by atoms with van der Waals surface area (Å²) >= 11 is 0. The fraction of sp³-hybridized carbons (Fsp3) is 0.462. The highest BCUT2D eigenvalue weighted by atomic mass is 16.3. The average Bonchev–Trinajstić information content (AvgIpc) is 3.10. The molecule has 1 saturated heterocycles. The average molecular weight is 274 g/mol. The molecule has 0 spiro atoms. The summed E-state index contributed by atoms with van der Waals surface area (Å²) in [5, 5.41) is 23.6. The number of aromatic nitrogens is 4. The van der Waals surface area contributed by atoms with Crippen molar-refractivity contribution in [2.45, 2.75) is 18.6 Å². The van der Waals surface area contributed by atoms with Gasteiger partial charge in [0.2, 0.25) is 0 Å². The van der Waals surface area contributed by atoms with Crippen LogP contribution >= 0.6 is 0 Å². The molecule has 2 aromatic rings. The molecule has 1 aliphatic rings. The molecule has 0 saturated carbocycles. The first-order valence-corrected chi connectivity index (χ1v) is 6.71. The van der Waals surface area contributed by atoms with E-state index in [0.717, 1.165) is 24.4 Å². The van der Waals surface area contributed by atoms with Gasteiger partial charge in [0.25, 0.3) is 0 Å². The summed E-state index contributed by atoms with van der Waals surface area (Å²) in [5.74, 6) is 1.41. The number of pyridine rings is 1. The molecule has 1 atom stereocenters. The Morgan fingerprint density at radius 3 is 2.95 bits per heavy atom. The van der Waals surface area contributed by atoms with Crippen molar-refractivity contribution >= 4 is 0 Å². The summed E-state index contributed by atoms with van der Waals surface area (Å²) in [6.07, 6.45) is 4.21. The lowest BCUT2D eigenvalue weighted by Gasteiger charge is -2.21. The first-order valence-electron chi connectivity index (χ1n) is 6.71. The second-order valence-electron chi connectivity index (χ2n) is 5.10. The van der Waals surface area contributed by atoms with Crippen molar-refractivity contribution in [2.24, 2.45) is 0 Å². The lowest BCUT2D eigenvalue weighted by Crippen LogP contribution is -2.42. The van der Waals surface area contributed by atoms with E-state index in [9.17, 15) is 5.11 Å². The van der Waals surface area contributed by atoms with Crippen LogP contribution in [0.25, 0.3) is 11.4 Å².